The van der Waals surface area contributed by atoms with Crippen LogP contribution < -0.4 is 16.0 Å². The molecule has 9 rings (SSSR count). The fraction of sp³-hybridized carbons (Fsp3) is 0.217. The minimum absolute atomic E-state index is 0.403. The molecule has 2 aliphatic rings. The number of carbonyl (C=O) groups is 3. The molecule has 0 fully saturated rings. The summed E-state index contributed by atoms with van der Waals surface area (Å²) in [6, 6.07) is 42.7. The zero-order valence-electron chi connectivity index (χ0n) is 42.6. The standard InChI is InChI=1S/C60H59N7O12/c68-28-57(29-69,30-70)65-54(77)60(55(78)66-58(31-71,32-72)33-73,56(79)67-59(34-74,35-75)36-76)41-18-16-40(17-19-41)53-48-26-24-46(63-48)51(38-12-6-2-7-13-38)44-22-20-42(61-44)50(37-10-4-1-5-11-37)43-21-23-45(62-43)52(39-14-8-3-9-15-39)47-25-27-49(53)64-47/h1-27,61,64,68-76H,28-36H2,(H,65,77)(H,66,78)(H,67,79). The Balaban J connectivity index is 1.36. The van der Waals surface area contributed by atoms with E-state index in [9.17, 15) is 46.0 Å². The van der Waals surface area contributed by atoms with E-state index in [1.165, 1.54) is 24.3 Å². The minimum atomic E-state index is -3.31. The number of fused-ring (bicyclic) bond motifs is 8. The molecule has 0 radical (unpaired) electrons. The first-order valence-corrected chi connectivity index (χ1v) is 25.2. The predicted octanol–water partition coefficient (Wildman–Crippen LogP) is 3.06. The Labute approximate surface area is 452 Å². The Kier molecular flexibility index (Phi) is 16.3. The number of hydrogen-bond donors (Lipinski definition) is 14. The van der Waals surface area contributed by atoms with Crippen LogP contribution >= 0.6 is 0 Å². The lowest BCUT2D eigenvalue weighted by atomic mass is 9.75. The SMILES string of the molecule is O=C(NC(CO)(CO)CO)C(C(=O)NC(CO)(CO)CO)(C(=O)NC(CO)(CO)CO)c1ccc(-c2c3nc(c(-c4ccccc4)c4ccc([nH]4)c(-c4ccccc4)c4nc(c(-c5ccccc5)c5ccc2[nH]5)C=C4)C=C3)cc1. The average molecular weight is 1070 g/mol. The molecule has 0 unspecified atom stereocenters. The number of hydrogen-bond acceptors (Lipinski definition) is 14. The third-order valence-electron chi connectivity index (χ3n) is 14.4. The predicted molar refractivity (Wildman–Crippen MR) is 299 cm³/mol. The van der Waals surface area contributed by atoms with Crippen LogP contribution in [0.3, 0.4) is 0 Å². The van der Waals surface area contributed by atoms with Crippen LogP contribution in [0.1, 0.15) is 28.3 Å². The molecule has 7 aromatic rings. The first-order chi connectivity index (χ1) is 38.3. The maximum atomic E-state index is 15.1. The van der Waals surface area contributed by atoms with Gasteiger partial charge in [0.15, 0.2) is 0 Å². The molecule has 0 atom stereocenters. The fourth-order valence-corrected chi connectivity index (χ4v) is 9.63. The lowest BCUT2D eigenvalue weighted by molar-refractivity contribution is -0.151. The third kappa shape index (κ3) is 10.3. The Hall–Kier alpha value is -8.47. The second kappa shape index (κ2) is 23.2. The normalized spacial score (nSPS) is 12.6. The smallest absolute Gasteiger partial charge is 0.250 e. The van der Waals surface area contributed by atoms with E-state index in [0.29, 0.717) is 39.2 Å². The van der Waals surface area contributed by atoms with Crippen molar-refractivity contribution in [2.45, 2.75) is 22.0 Å². The Morgan fingerprint density at radius 2 is 0.582 bits per heavy atom. The molecule has 4 aromatic carbocycles. The first-order valence-electron chi connectivity index (χ1n) is 25.2. The van der Waals surface area contributed by atoms with Crippen LogP contribution in [0.5, 0.6) is 0 Å². The third-order valence-corrected chi connectivity index (χ3v) is 14.4. The molecule has 406 valence electrons. The summed E-state index contributed by atoms with van der Waals surface area (Å²) in [5.41, 5.74) is 0.505. The van der Waals surface area contributed by atoms with Crippen LogP contribution in [0.2, 0.25) is 0 Å². The topological polar surface area (TPSA) is 327 Å². The number of benzene rings is 4. The molecule has 0 spiro atoms. The number of aliphatic hydroxyl groups excluding tert-OH is 9. The van der Waals surface area contributed by atoms with E-state index in [2.05, 4.69) is 25.9 Å². The van der Waals surface area contributed by atoms with Crippen molar-refractivity contribution in [3.8, 4) is 44.5 Å². The largest absolute Gasteiger partial charge is 0.394 e. The molecule has 8 bridgehead atoms. The zero-order valence-corrected chi connectivity index (χ0v) is 42.6. The molecule has 19 heteroatoms. The van der Waals surface area contributed by atoms with E-state index in [0.717, 1.165) is 50.1 Å². The Morgan fingerprint density at radius 1 is 0.342 bits per heavy atom. The summed E-state index contributed by atoms with van der Waals surface area (Å²) in [5.74, 6) is -4.82. The molecule has 19 nitrogen and oxygen atoms in total. The molecule has 0 aliphatic carbocycles. The Bertz CT molecular complexity index is 3440. The van der Waals surface area contributed by atoms with Gasteiger partial charge in [-0.1, -0.05) is 115 Å². The van der Waals surface area contributed by atoms with E-state index < -0.39 is 105 Å². The molecule has 0 saturated carbocycles. The highest BCUT2D eigenvalue weighted by Gasteiger charge is 2.58. The summed E-state index contributed by atoms with van der Waals surface area (Å²) in [4.78, 5) is 63.3. The molecule has 79 heavy (non-hydrogen) atoms. The van der Waals surface area contributed by atoms with E-state index in [4.69, 9.17) is 9.97 Å². The van der Waals surface area contributed by atoms with Crippen LogP contribution in [-0.2, 0) is 19.8 Å². The van der Waals surface area contributed by atoms with Gasteiger partial charge in [-0.25, -0.2) is 9.97 Å². The lowest BCUT2D eigenvalue weighted by Gasteiger charge is -2.40. The first kappa shape index (κ1) is 55.3. The highest BCUT2D eigenvalue weighted by atomic mass is 16.3. The van der Waals surface area contributed by atoms with Crippen molar-refractivity contribution in [1.29, 1.82) is 0 Å². The van der Waals surface area contributed by atoms with E-state index in [-0.39, 0.29) is 0 Å². The number of aromatic nitrogens is 4. The number of aliphatic hydroxyl groups is 9. The van der Waals surface area contributed by atoms with Crippen LogP contribution in [0, 0.1) is 0 Å². The number of nitrogens with one attached hydrogen (secondary N) is 5. The van der Waals surface area contributed by atoms with E-state index >= 15 is 14.4 Å². The van der Waals surface area contributed by atoms with Gasteiger partial charge in [0.05, 0.1) is 82.2 Å². The maximum absolute atomic E-state index is 15.1. The molecular weight excluding hydrogens is 1010 g/mol. The Morgan fingerprint density at radius 3 is 0.823 bits per heavy atom. The molecule has 0 saturated heterocycles. The minimum Gasteiger partial charge on any atom is -0.394 e. The zero-order chi connectivity index (χ0) is 56.0. The van der Waals surface area contributed by atoms with E-state index in [1.54, 1.807) is 0 Å². The molecule has 5 heterocycles. The molecule has 2 aliphatic heterocycles. The highest BCUT2D eigenvalue weighted by Crippen LogP contribution is 2.40. The maximum Gasteiger partial charge on any atom is 0.250 e. The monoisotopic (exact) mass is 1070 g/mol. The molecular formula is C60H59N7O12. The van der Waals surface area contributed by atoms with Gasteiger partial charge < -0.3 is 71.9 Å². The quantitative estimate of drug-likeness (QED) is 0.0488. The van der Waals surface area contributed by atoms with Gasteiger partial charge in [0, 0.05) is 44.3 Å². The second-order valence-electron chi connectivity index (χ2n) is 19.6. The van der Waals surface area contributed by atoms with Gasteiger partial charge in [-0.15, -0.1) is 0 Å². The fourth-order valence-electron chi connectivity index (χ4n) is 9.63. The van der Waals surface area contributed by atoms with Gasteiger partial charge in [-0.3, -0.25) is 14.4 Å². The van der Waals surface area contributed by atoms with Crippen LogP contribution in [0.15, 0.2) is 140 Å². The van der Waals surface area contributed by atoms with E-state index in [1.807, 2.05) is 140 Å². The number of H-pyrrole nitrogens is 2. The molecule has 3 aromatic heterocycles. The number of nitrogens with zero attached hydrogens (tertiary/aromatic N) is 2. The molecule has 3 amide bonds. The van der Waals surface area contributed by atoms with Crippen molar-refractivity contribution in [3.05, 3.63) is 168 Å². The summed E-state index contributed by atoms with van der Waals surface area (Å²) in [6.45, 7) is -10.1. The van der Waals surface area contributed by atoms with Crippen molar-refractivity contribution in [2.75, 3.05) is 59.5 Å². The summed E-state index contributed by atoms with van der Waals surface area (Å²) < 4.78 is 0. The number of rotatable bonds is 20. The van der Waals surface area contributed by atoms with Gasteiger partial charge >= 0.3 is 0 Å². The van der Waals surface area contributed by atoms with Gasteiger partial charge in [0.1, 0.15) is 16.6 Å². The van der Waals surface area contributed by atoms with Crippen LogP contribution in [0.25, 0.3) is 90.9 Å². The number of aromatic amines is 2. The molecule has 14 N–H and O–H groups in total. The van der Waals surface area contributed by atoms with Gasteiger partial charge in [-0.05, 0) is 76.4 Å². The summed E-state index contributed by atoms with van der Waals surface area (Å²) in [7, 11) is 0. The number of amides is 3. The second-order valence-corrected chi connectivity index (χ2v) is 19.6. The number of carbonyl (C=O) groups excluding carboxylic acids is 3. The van der Waals surface area contributed by atoms with Crippen LogP contribution in [-0.4, -0.2) is 160 Å². The highest BCUT2D eigenvalue weighted by molar-refractivity contribution is 6.28. The van der Waals surface area contributed by atoms with Crippen LogP contribution in [0.4, 0.5) is 0 Å². The van der Waals surface area contributed by atoms with Crippen molar-refractivity contribution in [1.82, 2.24) is 35.9 Å². The van der Waals surface area contributed by atoms with Crippen molar-refractivity contribution >= 4 is 64.1 Å². The van der Waals surface area contributed by atoms with Gasteiger partial charge in [0.25, 0.3) is 17.7 Å². The van der Waals surface area contributed by atoms with Gasteiger partial charge in [0.2, 0.25) is 5.41 Å². The summed E-state index contributed by atoms with van der Waals surface area (Å²) in [5, 5.41) is 100. The van der Waals surface area contributed by atoms with Gasteiger partial charge in [-0.2, -0.15) is 0 Å². The van der Waals surface area contributed by atoms with Crippen molar-refractivity contribution in [2.24, 2.45) is 0 Å². The van der Waals surface area contributed by atoms with Crippen molar-refractivity contribution in [3.63, 3.8) is 0 Å². The lowest BCUT2D eigenvalue weighted by Crippen LogP contribution is -2.73. The summed E-state index contributed by atoms with van der Waals surface area (Å²) >= 11 is 0. The summed E-state index contributed by atoms with van der Waals surface area (Å²) in [6.07, 6.45) is 7.68. The van der Waals surface area contributed by atoms with Crippen molar-refractivity contribution < 1.29 is 60.3 Å². The average Bonchev–Trinajstić information content (AvgIpc) is 4.49.